The summed E-state index contributed by atoms with van der Waals surface area (Å²) in [5.74, 6) is 0.947. The van der Waals surface area contributed by atoms with Crippen molar-refractivity contribution in [2.24, 2.45) is 5.92 Å². The Hall–Kier alpha value is -0.580. The van der Waals surface area contributed by atoms with Crippen molar-refractivity contribution >= 4 is 21.6 Å². The van der Waals surface area contributed by atoms with E-state index in [0.29, 0.717) is 18.2 Å². The lowest BCUT2D eigenvalue weighted by molar-refractivity contribution is 0.378. The average molecular weight is 332 g/mol. The third kappa shape index (κ3) is 6.37. The fourth-order valence-electron chi connectivity index (χ4n) is 2.50. The highest BCUT2D eigenvalue weighted by molar-refractivity contribution is 7.89. The summed E-state index contributed by atoms with van der Waals surface area (Å²) >= 11 is 5.61. The minimum absolute atomic E-state index is 0.142. The molecule has 0 aliphatic heterocycles. The fraction of sp³-hybridized carbons (Fsp3) is 0.625. The third-order valence-electron chi connectivity index (χ3n) is 3.78. The van der Waals surface area contributed by atoms with Crippen molar-refractivity contribution in [2.45, 2.75) is 45.6 Å². The molecule has 0 spiro atoms. The van der Waals surface area contributed by atoms with E-state index >= 15 is 0 Å². The summed E-state index contributed by atoms with van der Waals surface area (Å²) < 4.78 is 27.4. The molecule has 0 aromatic heterocycles. The summed E-state index contributed by atoms with van der Waals surface area (Å²) in [5.41, 5.74) is 1.03. The smallest absolute Gasteiger partial charge is 0.212 e. The van der Waals surface area contributed by atoms with E-state index in [1.807, 2.05) is 30.3 Å². The Labute approximate surface area is 134 Å². The van der Waals surface area contributed by atoms with Crippen molar-refractivity contribution in [3.8, 4) is 0 Å². The molecule has 0 aliphatic carbocycles. The third-order valence-corrected chi connectivity index (χ3v) is 5.49. The van der Waals surface area contributed by atoms with Gasteiger partial charge in [0.05, 0.1) is 5.75 Å². The van der Waals surface area contributed by atoms with Crippen LogP contribution in [-0.4, -0.2) is 20.1 Å². The number of sulfonamides is 1. The SMILES string of the molecule is CCC(CC)C(NS(=O)(=O)CCCCCl)c1ccccc1. The summed E-state index contributed by atoms with van der Waals surface area (Å²) in [6.07, 6.45) is 3.22. The number of hydrogen-bond acceptors (Lipinski definition) is 2. The van der Waals surface area contributed by atoms with E-state index < -0.39 is 10.0 Å². The van der Waals surface area contributed by atoms with Gasteiger partial charge in [-0.3, -0.25) is 0 Å². The summed E-state index contributed by atoms with van der Waals surface area (Å²) in [5, 5.41) is 0. The van der Waals surface area contributed by atoms with Crippen LogP contribution >= 0.6 is 11.6 Å². The summed E-state index contributed by atoms with van der Waals surface area (Å²) in [4.78, 5) is 0. The van der Waals surface area contributed by atoms with Crippen molar-refractivity contribution in [1.82, 2.24) is 4.72 Å². The molecule has 21 heavy (non-hydrogen) atoms. The first kappa shape index (κ1) is 18.5. The molecule has 5 heteroatoms. The zero-order valence-electron chi connectivity index (χ0n) is 12.9. The maximum atomic E-state index is 12.3. The maximum absolute atomic E-state index is 12.3. The van der Waals surface area contributed by atoms with Crippen molar-refractivity contribution < 1.29 is 8.42 Å². The van der Waals surface area contributed by atoms with E-state index in [4.69, 9.17) is 11.6 Å². The van der Waals surface area contributed by atoms with Crippen LogP contribution in [0.25, 0.3) is 0 Å². The first-order valence-corrected chi connectivity index (χ1v) is 9.83. The second kappa shape index (κ2) is 9.44. The minimum Gasteiger partial charge on any atom is -0.212 e. The van der Waals surface area contributed by atoms with Crippen molar-refractivity contribution in [1.29, 1.82) is 0 Å². The van der Waals surface area contributed by atoms with Crippen molar-refractivity contribution in [2.75, 3.05) is 11.6 Å². The van der Waals surface area contributed by atoms with E-state index in [-0.39, 0.29) is 11.8 Å². The normalized spacial score (nSPS) is 13.5. The number of hydrogen-bond donors (Lipinski definition) is 1. The number of unbranched alkanes of at least 4 members (excludes halogenated alkanes) is 1. The molecule has 1 aromatic carbocycles. The molecular weight excluding hydrogens is 306 g/mol. The van der Waals surface area contributed by atoms with E-state index in [0.717, 1.165) is 24.8 Å². The molecule has 0 aliphatic rings. The van der Waals surface area contributed by atoms with Crippen LogP contribution in [0.4, 0.5) is 0 Å². The van der Waals surface area contributed by atoms with Gasteiger partial charge in [0.2, 0.25) is 10.0 Å². The van der Waals surface area contributed by atoms with Gasteiger partial charge in [-0.1, -0.05) is 57.0 Å². The highest BCUT2D eigenvalue weighted by atomic mass is 35.5. The first-order chi connectivity index (χ1) is 10.0. The molecule has 0 radical (unpaired) electrons. The Morgan fingerprint density at radius 2 is 1.71 bits per heavy atom. The van der Waals surface area contributed by atoms with Crippen LogP contribution in [0.2, 0.25) is 0 Å². The van der Waals surface area contributed by atoms with E-state index in [1.165, 1.54) is 0 Å². The molecule has 3 nitrogen and oxygen atoms in total. The van der Waals surface area contributed by atoms with Crippen molar-refractivity contribution in [3.05, 3.63) is 35.9 Å². The van der Waals surface area contributed by atoms with Crippen LogP contribution < -0.4 is 4.72 Å². The Morgan fingerprint density at radius 3 is 2.24 bits per heavy atom. The molecular formula is C16H26ClNO2S. The van der Waals surface area contributed by atoms with Gasteiger partial charge in [0, 0.05) is 11.9 Å². The Balaban J connectivity index is 2.88. The lowest BCUT2D eigenvalue weighted by atomic mass is 9.90. The van der Waals surface area contributed by atoms with E-state index in [2.05, 4.69) is 18.6 Å². The summed E-state index contributed by atoms with van der Waals surface area (Å²) in [6, 6.07) is 9.68. The molecule has 0 amide bonds. The number of nitrogens with one attached hydrogen (secondary N) is 1. The lowest BCUT2D eigenvalue weighted by Gasteiger charge is -2.26. The largest absolute Gasteiger partial charge is 0.212 e. The number of halogens is 1. The highest BCUT2D eigenvalue weighted by Crippen LogP contribution is 2.28. The van der Waals surface area contributed by atoms with Gasteiger partial charge >= 0.3 is 0 Å². The highest BCUT2D eigenvalue weighted by Gasteiger charge is 2.25. The molecule has 1 rings (SSSR count). The Morgan fingerprint density at radius 1 is 1.10 bits per heavy atom. The number of alkyl halides is 1. The second-order valence-corrected chi connectivity index (χ2v) is 7.55. The lowest BCUT2D eigenvalue weighted by Crippen LogP contribution is -2.34. The monoisotopic (exact) mass is 331 g/mol. The van der Waals surface area contributed by atoms with Crippen LogP contribution in [0.1, 0.15) is 51.1 Å². The maximum Gasteiger partial charge on any atom is 0.212 e. The first-order valence-electron chi connectivity index (χ1n) is 7.65. The topological polar surface area (TPSA) is 46.2 Å². The zero-order valence-corrected chi connectivity index (χ0v) is 14.5. The van der Waals surface area contributed by atoms with Gasteiger partial charge in [0.1, 0.15) is 0 Å². The summed E-state index contributed by atoms with van der Waals surface area (Å²) in [6.45, 7) is 4.21. The predicted molar refractivity (Wildman–Crippen MR) is 90.1 cm³/mol. The fourth-order valence-corrected chi connectivity index (χ4v) is 4.10. The molecule has 1 atom stereocenters. The van der Waals surface area contributed by atoms with Gasteiger partial charge < -0.3 is 0 Å². The molecule has 120 valence electrons. The zero-order chi connectivity index (χ0) is 15.7. The van der Waals surface area contributed by atoms with Gasteiger partial charge in [0.15, 0.2) is 0 Å². The Kier molecular flexibility index (Phi) is 8.30. The number of benzene rings is 1. The van der Waals surface area contributed by atoms with Crippen LogP contribution in [0.5, 0.6) is 0 Å². The van der Waals surface area contributed by atoms with Gasteiger partial charge in [0.25, 0.3) is 0 Å². The molecule has 0 bridgehead atoms. The summed E-state index contributed by atoms with van der Waals surface area (Å²) in [7, 11) is -3.28. The van der Waals surface area contributed by atoms with Crippen molar-refractivity contribution in [3.63, 3.8) is 0 Å². The molecule has 1 aromatic rings. The second-order valence-electron chi connectivity index (χ2n) is 5.30. The molecule has 0 heterocycles. The predicted octanol–water partition coefficient (Wildman–Crippen LogP) is 4.10. The van der Waals surface area contributed by atoms with Gasteiger partial charge in [-0.15, -0.1) is 11.6 Å². The molecule has 0 fully saturated rings. The van der Waals surface area contributed by atoms with Crippen LogP contribution in [0.15, 0.2) is 30.3 Å². The Bertz CT molecular complexity index is 486. The minimum atomic E-state index is -3.28. The van der Waals surface area contributed by atoms with E-state index in [1.54, 1.807) is 0 Å². The van der Waals surface area contributed by atoms with Crippen LogP contribution in [0.3, 0.4) is 0 Å². The van der Waals surface area contributed by atoms with Gasteiger partial charge in [-0.2, -0.15) is 0 Å². The van der Waals surface area contributed by atoms with Crippen LogP contribution in [-0.2, 0) is 10.0 Å². The standard InChI is InChI=1S/C16H26ClNO2S/c1-3-14(4-2)16(15-10-6-5-7-11-15)18-21(19,20)13-9-8-12-17/h5-7,10-11,14,16,18H,3-4,8-9,12-13H2,1-2H3. The quantitative estimate of drug-likeness (QED) is 0.518. The molecule has 1 N–H and O–H groups in total. The van der Waals surface area contributed by atoms with Gasteiger partial charge in [-0.05, 0) is 24.3 Å². The molecule has 0 saturated heterocycles. The van der Waals surface area contributed by atoms with Crippen LogP contribution in [0, 0.1) is 5.92 Å². The molecule has 0 saturated carbocycles. The molecule has 1 unspecified atom stereocenters. The number of rotatable bonds is 10. The van der Waals surface area contributed by atoms with E-state index in [9.17, 15) is 8.42 Å². The average Bonchev–Trinajstić information content (AvgIpc) is 2.48. The van der Waals surface area contributed by atoms with Gasteiger partial charge in [-0.25, -0.2) is 13.1 Å².